The summed E-state index contributed by atoms with van der Waals surface area (Å²) in [7, 11) is 0. The largest absolute Gasteiger partial charge is 0.478 e. The highest BCUT2D eigenvalue weighted by atomic mass is 16.9. The average molecular weight is 423 g/mol. The minimum absolute atomic E-state index is 0.0192. The van der Waals surface area contributed by atoms with Crippen molar-refractivity contribution in [3.63, 3.8) is 0 Å². The van der Waals surface area contributed by atoms with E-state index in [-0.39, 0.29) is 11.1 Å². The van der Waals surface area contributed by atoms with E-state index in [2.05, 4.69) is 13.8 Å². The van der Waals surface area contributed by atoms with Crippen molar-refractivity contribution in [3.8, 4) is 0 Å². The lowest BCUT2D eigenvalue weighted by Crippen LogP contribution is -2.39. The van der Waals surface area contributed by atoms with Crippen molar-refractivity contribution in [2.45, 2.75) is 91.0 Å². The van der Waals surface area contributed by atoms with Crippen LogP contribution in [-0.2, 0) is 14.2 Å². The number of carbonyl (C=O) groups excluding carboxylic acids is 1. The molecule has 0 fully saturated rings. The van der Waals surface area contributed by atoms with Crippen LogP contribution in [0.4, 0.5) is 0 Å². The molecule has 170 valence electrons. The Morgan fingerprint density at radius 2 is 1.27 bits per heavy atom. The number of carbonyl (C=O) groups is 2. The van der Waals surface area contributed by atoms with Crippen LogP contribution < -0.4 is 0 Å². The van der Waals surface area contributed by atoms with E-state index < -0.39 is 17.9 Å². The van der Waals surface area contributed by atoms with Crippen molar-refractivity contribution in [1.82, 2.24) is 0 Å². The Labute approximate surface area is 180 Å². The van der Waals surface area contributed by atoms with Gasteiger partial charge < -0.3 is 19.3 Å². The van der Waals surface area contributed by atoms with Gasteiger partial charge in [0.15, 0.2) is 0 Å². The molecule has 0 atom stereocenters. The van der Waals surface area contributed by atoms with Gasteiger partial charge >= 0.3 is 17.9 Å². The number of unbranched alkanes of at least 4 members (excludes halogenated alkanes) is 8. The molecule has 0 heterocycles. The van der Waals surface area contributed by atoms with Gasteiger partial charge in [-0.25, -0.2) is 9.59 Å². The Bertz CT molecular complexity index is 612. The normalized spacial score (nSPS) is 11.4. The molecule has 30 heavy (non-hydrogen) atoms. The van der Waals surface area contributed by atoms with E-state index in [1.54, 1.807) is 19.1 Å². The molecular weight excluding hydrogens is 384 g/mol. The first kappa shape index (κ1) is 26.1. The molecule has 0 aliphatic heterocycles. The molecule has 0 bridgehead atoms. The van der Waals surface area contributed by atoms with Crippen LogP contribution >= 0.6 is 0 Å². The van der Waals surface area contributed by atoms with Crippen LogP contribution in [0.5, 0.6) is 0 Å². The third-order valence-electron chi connectivity index (χ3n) is 4.88. The highest BCUT2D eigenvalue weighted by Gasteiger charge is 2.33. The van der Waals surface area contributed by atoms with Gasteiger partial charge in [-0.3, -0.25) is 0 Å². The van der Waals surface area contributed by atoms with E-state index in [1.165, 1.54) is 37.8 Å². The summed E-state index contributed by atoms with van der Waals surface area (Å²) in [5.41, 5.74) is -0.127. The van der Waals surface area contributed by atoms with E-state index in [0.29, 0.717) is 13.2 Å². The van der Waals surface area contributed by atoms with Crippen molar-refractivity contribution in [2.24, 2.45) is 0 Å². The van der Waals surface area contributed by atoms with Gasteiger partial charge in [-0.2, -0.15) is 0 Å². The van der Waals surface area contributed by atoms with Crippen molar-refractivity contribution >= 4 is 11.9 Å². The number of benzene rings is 1. The summed E-state index contributed by atoms with van der Waals surface area (Å²) in [5, 5.41) is 9.33. The first-order chi connectivity index (χ1) is 14.4. The molecule has 0 radical (unpaired) electrons. The summed E-state index contributed by atoms with van der Waals surface area (Å²) in [6.45, 7) is 6.72. The number of aromatic carboxylic acids is 1. The summed E-state index contributed by atoms with van der Waals surface area (Å²) in [6.07, 6.45) is 10.8. The summed E-state index contributed by atoms with van der Waals surface area (Å²) in [4.78, 5) is 24.1. The van der Waals surface area contributed by atoms with Gasteiger partial charge in [0.2, 0.25) is 0 Å². The van der Waals surface area contributed by atoms with Gasteiger partial charge in [0, 0.05) is 6.92 Å². The summed E-state index contributed by atoms with van der Waals surface area (Å²) < 4.78 is 17.2. The monoisotopic (exact) mass is 422 g/mol. The van der Waals surface area contributed by atoms with Gasteiger partial charge in [0.1, 0.15) is 0 Å². The van der Waals surface area contributed by atoms with E-state index in [9.17, 15) is 14.7 Å². The Balaban J connectivity index is 2.70. The first-order valence-electron chi connectivity index (χ1n) is 11.3. The minimum Gasteiger partial charge on any atom is -0.478 e. The molecule has 0 aliphatic rings. The number of carboxylic acid groups (broad SMARTS) is 1. The molecule has 1 N–H and O–H groups in total. The zero-order valence-electron chi connectivity index (χ0n) is 18.8. The second kappa shape index (κ2) is 15.0. The molecule has 0 saturated heterocycles. The van der Waals surface area contributed by atoms with Crippen molar-refractivity contribution in [3.05, 3.63) is 35.4 Å². The Kier molecular flexibility index (Phi) is 13.0. The molecule has 0 saturated carbocycles. The second-order valence-corrected chi connectivity index (χ2v) is 7.63. The fourth-order valence-corrected chi connectivity index (χ4v) is 3.10. The van der Waals surface area contributed by atoms with E-state index >= 15 is 0 Å². The number of rotatable bonds is 17. The lowest BCUT2D eigenvalue weighted by Gasteiger charge is -2.29. The number of hydrogen-bond acceptors (Lipinski definition) is 5. The number of ether oxygens (including phenoxy) is 3. The summed E-state index contributed by atoms with van der Waals surface area (Å²) >= 11 is 0. The summed E-state index contributed by atoms with van der Waals surface area (Å²) in [5.74, 6) is -3.50. The topological polar surface area (TPSA) is 82.1 Å². The molecule has 0 amide bonds. The van der Waals surface area contributed by atoms with E-state index in [0.717, 1.165) is 38.5 Å². The number of esters is 1. The molecule has 6 nitrogen and oxygen atoms in total. The Morgan fingerprint density at radius 3 is 1.73 bits per heavy atom. The Morgan fingerprint density at radius 1 is 0.800 bits per heavy atom. The van der Waals surface area contributed by atoms with Crippen molar-refractivity contribution in [2.75, 3.05) is 13.2 Å². The maximum absolute atomic E-state index is 12.7. The quantitative estimate of drug-likeness (QED) is 0.183. The smallest absolute Gasteiger partial charge is 0.343 e. The third kappa shape index (κ3) is 10.2. The van der Waals surface area contributed by atoms with E-state index in [4.69, 9.17) is 14.2 Å². The van der Waals surface area contributed by atoms with Crippen LogP contribution in [0, 0.1) is 0 Å². The minimum atomic E-state index is -1.54. The van der Waals surface area contributed by atoms with Gasteiger partial charge in [0.05, 0.1) is 24.3 Å². The molecule has 0 unspecified atom stereocenters. The summed E-state index contributed by atoms with van der Waals surface area (Å²) in [6, 6.07) is 5.98. The van der Waals surface area contributed by atoms with Crippen LogP contribution in [0.2, 0.25) is 0 Å². The standard InChI is InChI=1S/C24H38O6/c1-4-6-8-10-14-18-28-24(3,29-19-15-11-9-7-5-2)30-23(27)21-17-13-12-16-20(21)22(25)26/h12-13,16-17H,4-11,14-15,18-19H2,1-3H3,(H,25,26). The lowest BCUT2D eigenvalue weighted by atomic mass is 10.1. The van der Waals surface area contributed by atoms with Crippen molar-refractivity contribution < 1.29 is 28.9 Å². The highest BCUT2D eigenvalue weighted by molar-refractivity contribution is 6.02. The van der Waals surface area contributed by atoms with Crippen LogP contribution in [-0.4, -0.2) is 36.2 Å². The molecule has 0 aliphatic carbocycles. The van der Waals surface area contributed by atoms with Gasteiger partial charge in [-0.05, 0) is 25.0 Å². The fraction of sp³-hybridized carbons (Fsp3) is 0.667. The Hall–Kier alpha value is -1.92. The average Bonchev–Trinajstić information content (AvgIpc) is 2.73. The molecular formula is C24H38O6. The molecule has 6 heteroatoms. The second-order valence-electron chi connectivity index (χ2n) is 7.63. The predicted octanol–water partition coefficient (Wildman–Crippen LogP) is 6.19. The third-order valence-corrected chi connectivity index (χ3v) is 4.88. The van der Waals surface area contributed by atoms with Crippen LogP contribution in [0.1, 0.15) is 106 Å². The van der Waals surface area contributed by atoms with Gasteiger partial charge in [-0.1, -0.05) is 77.3 Å². The van der Waals surface area contributed by atoms with Gasteiger partial charge in [0.25, 0.3) is 0 Å². The number of carboxylic acids is 1. The van der Waals surface area contributed by atoms with Crippen LogP contribution in [0.3, 0.4) is 0 Å². The first-order valence-corrected chi connectivity index (χ1v) is 11.3. The maximum Gasteiger partial charge on any atom is 0.343 e. The van der Waals surface area contributed by atoms with Crippen LogP contribution in [0.15, 0.2) is 24.3 Å². The fourth-order valence-electron chi connectivity index (χ4n) is 3.10. The van der Waals surface area contributed by atoms with Crippen LogP contribution in [0.25, 0.3) is 0 Å². The number of hydrogen-bond donors (Lipinski definition) is 1. The molecule has 0 spiro atoms. The SMILES string of the molecule is CCCCCCCOC(C)(OCCCCCCC)OC(=O)c1ccccc1C(=O)O. The molecule has 1 aromatic carbocycles. The maximum atomic E-state index is 12.7. The predicted molar refractivity (Wildman–Crippen MR) is 117 cm³/mol. The zero-order valence-corrected chi connectivity index (χ0v) is 18.8. The zero-order chi connectivity index (χ0) is 22.2. The van der Waals surface area contributed by atoms with Crippen molar-refractivity contribution in [1.29, 1.82) is 0 Å². The molecule has 1 aromatic rings. The molecule has 0 aromatic heterocycles. The van der Waals surface area contributed by atoms with E-state index in [1.807, 2.05) is 0 Å². The highest BCUT2D eigenvalue weighted by Crippen LogP contribution is 2.21. The lowest BCUT2D eigenvalue weighted by molar-refractivity contribution is -0.345. The van der Waals surface area contributed by atoms with Gasteiger partial charge in [-0.15, -0.1) is 0 Å². The molecule has 1 rings (SSSR count).